The van der Waals surface area contributed by atoms with Crippen LogP contribution in [0.1, 0.15) is 12.5 Å². The highest BCUT2D eigenvalue weighted by atomic mass is 32.2. The lowest BCUT2D eigenvalue weighted by Gasteiger charge is -2.09. The van der Waals surface area contributed by atoms with Crippen molar-refractivity contribution in [2.45, 2.75) is 25.5 Å². The molecule has 9 heteroatoms. The number of aryl methyl sites for hydroxylation is 2. The summed E-state index contributed by atoms with van der Waals surface area (Å²) in [6.07, 6.45) is 1.93. The average Bonchev–Trinajstić information content (AvgIpc) is 3.41. The summed E-state index contributed by atoms with van der Waals surface area (Å²) in [4.78, 5) is 12.5. The monoisotopic (exact) mass is 462 g/mol. The van der Waals surface area contributed by atoms with E-state index in [0.717, 1.165) is 33.8 Å². The third-order valence-corrected chi connectivity index (χ3v) is 6.16. The predicted octanol–water partition coefficient (Wildman–Crippen LogP) is 4.41. The van der Waals surface area contributed by atoms with Gasteiger partial charge in [-0.05, 0) is 37.6 Å². The van der Waals surface area contributed by atoms with Crippen LogP contribution in [0.25, 0.3) is 22.6 Å². The molecule has 1 amide bonds. The predicted molar refractivity (Wildman–Crippen MR) is 130 cm³/mol. The van der Waals surface area contributed by atoms with Crippen LogP contribution in [0.4, 0.5) is 5.69 Å². The van der Waals surface area contributed by atoms with Gasteiger partial charge in [0, 0.05) is 31.0 Å². The quantitative estimate of drug-likeness (QED) is 0.390. The first kappa shape index (κ1) is 22.6. The standard InChI is InChI=1S/C24H26N6O2S/c1-5-30-23(19-14-29(3)28-22(19)17-10-8-11-18(13-17)32-4)26-27-24(30)33-15-21(31)25-20-12-7-6-9-16(20)2/h6-14H,5,15H2,1-4H3,(H,25,31). The highest BCUT2D eigenvalue weighted by Crippen LogP contribution is 2.33. The minimum Gasteiger partial charge on any atom is -0.497 e. The van der Waals surface area contributed by atoms with E-state index in [1.54, 1.807) is 11.8 Å². The third-order valence-electron chi connectivity index (χ3n) is 5.20. The van der Waals surface area contributed by atoms with Crippen LogP contribution in [0.2, 0.25) is 0 Å². The van der Waals surface area contributed by atoms with E-state index in [9.17, 15) is 4.79 Å². The molecule has 0 aliphatic rings. The van der Waals surface area contributed by atoms with Crippen LogP contribution in [-0.2, 0) is 18.4 Å². The van der Waals surface area contributed by atoms with Gasteiger partial charge in [-0.25, -0.2) is 0 Å². The molecule has 0 radical (unpaired) electrons. The summed E-state index contributed by atoms with van der Waals surface area (Å²) < 4.78 is 9.14. The topological polar surface area (TPSA) is 86.9 Å². The number of benzene rings is 2. The molecule has 0 spiro atoms. The van der Waals surface area contributed by atoms with Crippen molar-refractivity contribution >= 4 is 23.4 Å². The molecule has 0 fully saturated rings. The third kappa shape index (κ3) is 4.93. The van der Waals surface area contributed by atoms with Gasteiger partial charge in [0.2, 0.25) is 5.91 Å². The summed E-state index contributed by atoms with van der Waals surface area (Å²) in [7, 11) is 3.52. The van der Waals surface area contributed by atoms with Crippen LogP contribution >= 0.6 is 11.8 Å². The van der Waals surface area contributed by atoms with Crippen molar-refractivity contribution in [3.05, 3.63) is 60.3 Å². The van der Waals surface area contributed by atoms with Crippen molar-refractivity contribution < 1.29 is 9.53 Å². The Bertz CT molecular complexity index is 1280. The highest BCUT2D eigenvalue weighted by Gasteiger charge is 2.21. The number of nitrogens with one attached hydrogen (secondary N) is 1. The number of hydrogen-bond donors (Lipinski definition) is 1. The maximum Gasteiger partial charge on any atom is 0.234 e. The first-order chi connectivity index (χ1) is 16.0. The van der Waals surface area contributed by atoms with E-state index < -0.39 is 0 Å². The summed E-state index contributed by atoms with van der Waals surface area (Å²) >= 11 is 1.36. The Morgan fingerprint density at radius 1 is 1.15 bits per heavy atom. The van der Waals surface area contributed by atoms with E-state index in [0.29, 0.717) is 17.5 Å². The number of para-hydroxylation sites is 1. The Kier molecular flexibility index (Phi) is 6.79. The molecule has 1 N–H and O–H groups in total. The van der Waals surface area contributed by atoms with E-state index in [4.69, 9.17) is 4.74 Å². The Morgan fingerprint density at radius 2 is 1.97 bits per heavy atom. The molecule has 8 nitrogen and oxygen atoms in total. The van der Waals surface area contributed by atoms with Gasteiger partial charge >= 0.3 is 0 Å². The minimum absolute atomic E-state index is 0.0834. The summed E-state index contributed by atoms with van der Waals surface area (Å²) in [6.45, 7) is 4.67. The second-order valence-electron chi connectivity index (χ2n) is 7.50. The molecule has 170 valence electrons. The van der Waals surface area contributed by atoms with Gasteiger partial charge in [-0.3, -0.25) is 9.48 Å². The van der Waals surface area contributed by atoms with Crippen molar-refractivity contribution in [1.82, 2.24) is 24.5 Å². The van der Waals surface area contributed by atoms with E-state index in [1.807, 2.05) is 80.2 Å². The zero-order valence-electron chi connectivity index (χ0n) is 19.1. The molecule has 0 saturated heterocycles. The second-order valence-corrected chi connectivity index (χ2v) is 8.44. The number of aromatic nitrogens is 5. The van der Waals surface area contributed by atoms with Gasteiger partial charge in [0.1, 0.15) is 11.4 Å². The lowest BCUT2D eigenvalue weighted by Crippen LogP contribution is -2.15. The molecule has 0 atom stereocenters. The van der Waals surface area contributed by atoms with Gasteiger partial charge in [0.05, 0.1) is 18.4 Å². The first-order valence-corrected chi connectivity index (χ1v) is 11.6. The van der Waals surface area contributed by atoms with E-state index in [-0.39, 0.29) is 11.7 Å². The van der Waals surface area contributed by atoms with Crippen LogP contribution in [0.15, 0.2) is 59.9 Å². The molecular formula is C24H26N6O2S. The largest absolute Gasteiger partial charge is 0.497 e. The molecule has 4 rings (SSSR count). The summed E-state index contributed by atoms with van der Waals surface area (Å²) in [6, 6.07) is 15.5. The highest BCUT2D eigenvalue weighted by molar-refractivity contribution is 7.99. The molecule has 0 aliphatic heterocycles. The Hall–Kier alpha value is -3.59. The van der Waals surface area contributed by atoms with Crippen molar-refractivity contribution in [3.8, 4) is 28.4 Å². The summed E-state index contributed by atoms with van der Waals surface area (Å²) in [5, 5.41) is 17.1. The molecular weight excluding hydrogens is 436 g/mol. The lowest BCUT2D eigenvalue weighted by atomic mass is 10.1. The van der Waals surface area contributed by atoms with Crippen molar-refractivity contribution in [1.29, 1.82) is 0 Å². The SMILES string of the molecule is CCn1c(SCC(=O)Nc2ccccc2C)nnc1-c1cn(C)nc1-c1cccc(OC)c1. The molecule has 2 aromatic heterocycles. The molecule has 0 aliphatic carbocycles. The fourth-order valence-corrected chi connectivity index (χ4v) is 4.35. The zero-order valence-corrected chi connectivity index (χ0v) is 19.9. The zero-order chi connectivity index (χ0) is 23.4. The lowest BCUT2D eigenvalue weighted by molar-refractivity contribution is -0.113. The number of carbonyl (C=O) groups is 1. The fraction of sp³-hybridized carbons (Fsp3) is 0.250. The van der Waals surface area contributed by atoms with Gasteiger partial charge < -0.3 is 14.6 Å². The molecule has 2 aromatic carbocycles. The van der Waals surface area contributed by atoms with Gasteiger partial charge in [-0.2, -0.15) is 5.10 Å². The maximum atomic E-state index is 12.5. The van der Waals surface area contributed by atoms with Crippen LogP contribution < -0.4 is 10.1 Å². The normalized spacial score (nSPS) is 10.9. The number of methoxy groups -OCH3 is 1. The molecule has 0 unspecified atom stereocenters. The molecule has 2 heterocycles. The van der Waals surface area contributed by atoms with Crippen molar-refractivity contribution in [2.24, 2.45) is 7.05 Å². The number of nitrogens with zero attached hydrogens (tertiary/aromatic N) is 5. The average molecular weight is 463 g/mol. The smallest absolute Gasteiger partial charge is 0.234 e. The van der Waals surface area contributed by atoms with Gasteiger partial charge in [-0.1, -0.05) is 42.1 Å². The van der Waals surface area contributed by atoms with Gasteiger partial charge in [0.15, 0.2) is 11.0 Å². The molecule has 4 aromatic rings. The minimum atomic E-state index is -0.0834. The van der Waals surface area contributed by atoms with Crippen LogP contribution in [-0.4, -0.2) is 43.3 Å². The first-order valence-electron chi connectivity index (χ1n) is 10.6. The number of rotatable bonds is 8. The Labute approximate surface area is 197 Å². The van der Waals surface area contributed by atoms with Crippen LogP contribution in [0.3, 0.4) is 0 Å². The number of carbonyl (C=O) groups excluding carboxylic acids is 1. The number of amides is 1. The van der Waals surface area contributed by atoms with E-state index in [2.05, 4.69) is 20.6 Å². The molecule has 0 bridgehead atoms. The van der Waals surface area contributed by atoms with Crippen LogP contribution in [0.5, 0.6) is 5.75 Å². The van der Waals surface area contributed by atoms with Crippen molar-refractivity contribution in [2.75, 3.05) is 18.2 Å². The molecule has 33 heavy (non-hydrogen) atoms. The van der Waals surface area contributed by atoms with Gasteiger partial charge in [0.25, 0.3) is 0 Å². The number of ether oxygens (including phenoxy) is 1. The maximum absolute atomic E-state index is 12.5. The summed E-state index contributed by atoms with van der Waals surface area (Å²) in [5.41, 5.74) is 4.45. The van der Waals surface area contributed by atoms with E-state index in [1.165, 1.54) is 11.8 Å². The number of hydrogen-bond acceptors (Lipinski definition) is 6. The second kappa shape index (κ2) is 9.91. The number of thioether (sulfide) groups is 1. The van der Waals surface area contributed by atoms with E-state index >= 15 is 0 Å². The molecule has 0 saturated carbocycles. The van der Waals surface area contributed by atoms with Gasteiger partial charge in [-0.15, -0.1) is 10.2 Å². The number of anilines is 1. The Morgan fingerprint density at radius 3 is 2.73 bits per heavy atom. The Balaban J connectivity index is 1.57. The fourth-order valence-electron chi connectivity index (χ4n) is 3.54. The van der Waals surface area contributed by atoms with Crippen molar-refractivity contribution in [3.63, 3.8) is 0 Å². The van der Waals surface area contributed by atoms with Crippen LogP contribution in [0, 0.1) is 6.92 Å². The summed E-state index contributed by atoms with van der Waals surface area (Å²) in [5.74, 6) is 1.63.